The first-order chi connectivity index (χ1) is 9.10. The lowest BCUT2D eigenvalue weighted by atomic mass is 10.0. The van der Waals surface area contributed by atoms with Crippen molar-refractivity contribution in [3.8, 4) is 0 Å². The molecule has 1 aromatic heterocycles. The van der Waals surface area contributed by atoms with Gasteiger partial charge in [0.2, 0.25) is 0 Å². The number of rotatable bonds is 4. The second kappa shape index (κ2) is 5.80. The number of hydrogen-bond acceptors (Lipinski definition) is 4. The third kappa shape index (κ3) is 3.29. The van der Waals surface area contributed by atoms with Gasteiger partial charge in [-0.15, -0.1) is 0 Å². The SMILES string of the molecule is Cc1ccc(C(C)C)cc1Nc1ccnc(CN)n1. The Morgan fingerprint density at radius 1 is 1.26 bits per heavy atom. The Kier molecular flexibility index (Phi) is 4.12. The van der Waals surface area contributed by atoms with Gasteiger partial charge in [0.1, 0.15) is 11.6 Å². The number of aromatic nitrogens is 2. The third-order valence-corrected chi connectivity index (χ3v) is 3.08. The van der Waals surface area contributed by atoms with Crippen LogP contribution in [0.4, 0.5) is 11.5 Å². The average molecular weight is 256 g/mol. The third-order valence-electron chi connectivity index (χ3n) is 3.08. The molecule has 2 rings (SSSR count). The maximum Gasteiger partial charge on any atom is 0.144 e. The van der Waals surface area contributed by atoms with E-state index in [4.69, 9.17) is 5.73 Å². The molecule has 0 atom stereocenters. The van der Waals surface area contributed by atoms with Gasteiger partial charge in [-0.1, -0.05) is 26.0 Å². The Hall–Kier alpha value is -1.94. The lowest BCUT2D eigenvalue weighted by Crippen LogP contribution is -2.05. The molecule has 0 saturated heterocycles. The molecular weight excluding hydrogens is 236 g/mol. The Balaban J connectivity index is 2.29. The van der Waals surface area contributed by atoms with Crippen LogP contribution < -0.4 is 11.1 Å². The van der Waals surface area contributed by atoms with Crippen molar-refractivity contribution >= 4 is 11.5 Å². The molecule has 0 spiro atoms. The number of anilines is 2. The Morgan fingerprint density at radius 3 is 2.74 bits per heavy atom. The molecule has 0 aliphatic heterocycles. The van der Waals surface area contributed by atoms with Gasteiger partial charge in [0, 0.05) is 11.9 Å². The van der Waals surface area contributed by atoms with Crippen LogP contribution in [0.2, 0.25) is 0 Å². The molecule has 100 valence electrons. The van der Waals surface area contributed by atoms with E-state index >= 15 is 0 Å². The minimum absolute atomic E-state index is 0.348. The van der Waals surface area contributed by atoms with Crippen LogP contribution in [0.15, 0.2) is 30.5 Å². The van der Waals surface area contributed by atoms with Crippen molar-refractivity contribution in [2.24, 2.45) is 5.73 Å². The molecule has 4 heteroatoms. The first kappa shape index (κ1) is 13.5. The summed E-state index contributed by atoms with van der Waals surface area (Å²) < 4.78 is 0. The fraction of sp³-hybridized carbons (Fsp3) is 0.333. The number of nitrogens with two attached hydrogens (primary N) is 1. The molecule has 0 fully saturated rings. The van der Waals surface area contributed by atoms with Gasteiger partial charge in [0.15, 0.2) is 0 Å². The van der Waals surface area contributed by atoms with Crippen molar-refractivity contribution < 1.29 is 0 Å². The molecule has 1 heterocycles. The predicted octanol–water partition coefficient (Wildman–Crippen LogP) is 3.11. The summed E-state index contributed by atoms with van der Waals surface area (Å²) in [5.74, 6) is 1.92. The summed E-state index contributed by atoms with van der Waals surface area (Å²) in [6.45, 7) is 6.80. The highest BCUT2D eigenvalue weighted by Gasteiger charge is 2.05. The molecule has 0 unspecified atom stereocenters. The fourth-order valence-electron chi connectivity index (χ4n) is 1.84. The quantitative estimate of drug-likeness (QED) is 0.882. The van der Waals surface area contributed by atoms with E-state index in [1.54, 1.807) is 6.20 Å². The lowest BCUT2D eigenvalue weighted by molar-refractivity contribution is 0.866. The highest BCUT2D eigenvalue weighted by molar-refractivity contribution is 5.61. The van der Waals surface area contributed by atoms with E-state index in [2.05, 4.69) is 54.3 Å². The first-order valence-corrected chi connectivity index (χ1v) is 6.49. The number of nitrogens with zero attached hydrogens (tertiary/aromatic N) is 2. The minimum atomic E-state index is 0.348. The zero-order valence-corrected chi connectivity index (χ0v) is 11.6. The van der Waals surface area contributed by atoms with Gasteiger partial charge in [0.05, 0.1) is 6.54 Å². The van der Waals surface area contributed by atoms with Crippen LogP contribution in [0.1, 0.15) is 36.7 Å². The van der Waals surface area contributed by atoms with Gasteiger partial charge in [-0.05, 0) is 36.1 Å². The van der Waals surface area contributed by atoms with E-state index < -0.39 is 0 Å². The van der Waals surface area contributed by atoms with Crippen molar-refractivity contribution in [1.82, 2.24) is 9.97 Å². The smallest absolute Gasteiger partial charge is 0.144 e. The zero-order chi connectivity index (χ0) is 13.8. The molecule has 0 bridgehead atoms. The summed E-state index contributed by atoms with van der Waals surface area (Å²) in [6, 6.07) is 8.31. The van der Waals surface area contributed by atoms with Crippen molar-refractivity contribution in [3.63, 3.8) is 0 Å². The highest BCUT2D eigenvalue weighted by Crippen LogP contribution is 2.24. The van der Waals surface area contributed by atoms with Gasteiger partial charge in [-0.2, -0.15) is 0 Å². The molecule has 0 aliphatic rings. The summed E-state index contributed by atoms with van der Waals surface area (Å²) in [5, 5.41) is 3.34. The van der Waals surface area contributed by atoms with Gasteiger partial charge in [-0.3, -0.25) is 0 Å². The largest absolute Gasteiger partial charge is 0.340 e. The number of aryl methyl sites for hydroxylation is 1. The summed E-state index contributed by atoms with van der Waals surface area (Å²) in [7, 11) is 0. The Labute approximate surface area is 114 Å². The lowest BCUT2D eigenvalue weighted by Gasteiger charge is -2.13. The van der Waals surface area contributed by atoms with Crippen LogP contribution in [0.25, 0.3) is 0 Å². The second-order valence-electron chi connectivity index (χ2n) is 4.92. The summed E-state index contributed by atoms with van der Waals surface area (Å²) >= 11 is 0. The van der Waals surface area contributed by atoms with E-state index in [1.807, 2.05) is 6.07 Å². The molecule has 0 radical (unpaired) electrons. The maximum absolute atomic E-state index is 5.55. The van der Waals surface area contributed by atoms with E-state index in [0.29, 0.717) is 18.3 Å². The Bertz CT molecular complexity index is 564. The van der Waals surface area contributed by atoms with E-state index in [1.165, 1.54) is 11.1 Å². The standard InChI is InChI=1S/C15H20N4/c1-10(2)12-5-4-11(3)13(8-12)18-14-6-7-17-15(9-16)19-14/h4-8,10H,9,16H2,1-3H3,(H,17,18,19). The van der Waals surface area contributed by atoms with Gasteiger partial charge >= 0.3 is 0 Å². The molecule has 0 amide bonds. The number of hydrogen-bond donors (Lipinski definition) is 2. The summed E-state index contributed by atoms with van der Waals surface area (Å²) in [5.41, 5.74) is 9.13. The van der Waals surface area contributed by atoms with Crippen LogP contribution in [0.5, 0.6) is 0 Å². The van der Waals surface area contributed by atoms with Crippen LogP contribution >= 0.6 is 0 Å². The zero-order valence-electron chi connectivity index (χ0n) is 11.6. The molecule has 0 aliphatic carbocycles. The molecule has 3 N–H and O–H groups in total. The average Bonchev–Trinajstić information content (AvgIpc) is 2.41. The van der Waals surface area contributed by atoms with Crippen molar-refractivity contribution in [2.45, 2.75) is 33.2 Å². The highest BCUT2D eigenvalue weighted by atomic mass is 15.0. The van der Waals surface area contributed by atoms with Gasteiger partial charge < -0.3 is 11.1 Å². The molecule has 4 nitrogen and oxygen atoms in total. The molecule has 2 aromatic rings. The van der Waals surface area contributed by atoms with Crippen molar-refractivity contribution in [3.05, 3.63) is 47.4 Å². The normalized spacial score (nSPS) is 10.8. The van der Waals surface area contributed by atoms with E-state index in [0.717, 1.165) is 11.5 Å². The molecule has 0 saturated carbocycles. The van der Waals surface area contributed by atoms with Crippen LogP contribution in [-0.4, -0.2) is 9.97 Å². The summed E-state index contributed by atoms with van der Waals surface area (Å²) in [4.78, 5) is 8.45. The minimum Gasteiger partial charge on any atom is -0.340 e. The molecule has 19 heavy (non-hydrogen) atoms. The number of nitrogens with one attached hydrogen (secondary N) is 1. The van der Waals surface area contributed by atoms with Crippen LogP contribution in [-0.2, 0) is 6.54 Å². The van der Waals surface area contributed by atoms with Crippen molar-refractivity contribution in [2.75, 3.05) is 5.32 Å². The predicted molar refractivity (Wildman–Crippen MR) is 78.5 cm³/mol. The van der Waals surface area contributed by atoms with Gasteiger partial charge in [0.25, 0.3) is 0 Å². The van der Waals surface area contributed by atoms with E-state index in [-0.39, 0.29) is 0 Å². The van der Waals surface area contributed by atoms with E-state index in [9.17, 15) is 0 Å². The molecule has 1 aromatic carbocycles. The first-order valence-electron chi connectivity index (χ1n) is 6.49. The van der Waals surface area contributed by atoms with Crippen LogP contribution in [0.3, 0.4) is 0 Å². The molecular formula is C15H20N4. The maximum atomic E-state index is 5.55. The van der Waals surface area contributed by atoms with Crippen LogP contribution in [0, 0.1) is 6.92 Å². The topological polar surface area (TPSA) is 63.8 Å². The second-order valence-corrected chi connectivity index (χ2v) is 4.92. The monoisotopic (exact) mass is 256 g/mol. The Morgan fingerprint density at radius 2 is 2.05 bits per heavy atom. The van der Waals surface area contributed by atoms with Gasteiger partial charge in [-0.25, -0.2) is 9.97 Å². The summed E-state index contributed by atoms with van der Waals surface area (Å²) in [6.07, 6.45) is 1.72. The van der Waals surface area contributed by atoms with Crippen molar-refractivity contribution in [1.29, 1.82) is 0 Å². The fourth-order valence-corrected chi connectivity index (χ4v) is 1.84. The number of benzene rings is 1.